The molecule has 0 aliphatic heterocycles. The molecule has 0 spiro atoms. The Morgan fingerprint density at radius 2 is 0.582 bits per heavy atom. The first-order chi connectivity index (χ1) is 39.0. The Morgan fingerprint density at radius 3 is 0.861 bits per heavy atom. The molecule has 0 aliphatic rings. The minimum absolute atomic E-state index is 0.0248. The zero-order chi connectivity index (χ0) is 57.1. The standard InChI is InChI=1S/C73H143NO5/c1-3-5-7-9-11-13-15-17-19-34-39-43-47-51-55-59-63-67-73(78)79-68-64-60-56-52-48-44-40-36-33-31-29-27-25-23-21-20-22-24-26-28-30-32-35-38-42-46-50-54-58-62-66-72(77)74-70(69-75)71(76)65-61-57-53-49-45-41-37-18-16-14-12-10-8-6-4-2/h61,65,70-71,75-76H,3-60,62-64,66-69H2,1-2H3,(H,74,77)/b65-61+. The molecule has 0 aliphatic carbocycles. The Bertz CT molecular complexity index is 1190. The van der Waals surface area contributed by atoms with Gasteiger partial charge in [0.2, 0.25) is 5.91 Å². The Kier molecular flexibility index (Phi) is 67.9. The van der Waals surface area contributed by atoms with Crippen molar-refractivity contribution in [3.05, 3.63) is 12.2 Å². The van der Waals surface area contributed by atoms with Gasteiger partial charge in [-0.2, -0.15) is 0 Å². The van der Waals surface area contributed by atoms with Crippen molar-refractivity contribution in [2.45, 2.75) is 431 Å². The molecule has 0 saturated carbocycles. The van der Waals surface area contributed by atoms with E-state index in [1.54, 1.807) is 6.08 Å². The molecule has 3 N–H and O–H groups in total. The summed E-state index contributed by atoms with van der Waals surface area (Å²) in [5.41, 5.74) is 0. The highest BCUT2D eigenvalue weighted by Gasteiger charge is 2.18. The molecule has 0 fully saturated rings. The third-order valence-corrected chi connectivity index (χ3v) is 17.3. The van der Waals surface area contributed by atoms with Gasteiger partial charge >= 0.3 is 5.97 Å². The first-order valence-corrected chi connectivity index (χ1v) is 36.5. The summed E-state index contributed by atoms with van der Waals surface area (Å²) in [5, 5.41) is 23.2. The lowest BCUT2D eigenvalue weighted by Gasteiger charge is -2.20. The fraction of sp³-hybridized carbons (Fsp3) is 0.945. The van der Waals surface area contributed by atoms with E-state index in [0.717, 1.165) is 38.5 Å². The molecule has 0 aromatic rings. The third kappa shape index (κ3) is 65.6. The fourth-order valence-corrected chi connectivity index (χ4v) is 11.8. The number of esters is 1. The largest absolute Gasteiger partial charge is 0.466 e. The average molecular weight is 1110 g/mol. The topological polar surface area (TPSA) is 95.9 Å². The molecular formula is C73H143NO5. The Morgan fingerprint density at radius 1 is 0.342 bits per heavy atom. The molecule has 79 heavy (non-hydrogen) atoms. The number of carbonyl (C=O) groups is 2. The number of aliphatic hydroxyl groups is 2. The summed E-state index contributed by atoms with van der Waals surface area (Å²) in [4.78, 5) is 24.6. The number of hydrogen-bond acceptors (Lipinski definition) is 5. The van der Waals surface area contributed by atoms with Crippen LogP contribution in [0.2, 0.25) is 0 Å². The van der Waals surface area contributed by atoms with Crippen LogP contribution in [0, 0.1) is 0 Å². The van der Waals surface area contributed by atoms with E-state index in [2.05, 4.69) is 19.2 Å². The van der Waals surface area contributed by atoms with Gasteiger partial charge in [0, 0.05) is 12.8 Å². The second-order valence-corrected chi connectivity index (χ2v) is 25.3. The van der Waals surface area contributed by atoms with E-state index in [9.17, 15) is 19.8 Å². The van der Waals surface area contributed by atoms with E-state index in [1.165, 1.54) is 353 Å². The quantitative estimate of drug-likeness (QED) is 0.0320. The molecule has 0 aromatic carbocycles. The first-order valence-electron chi connectivity index (χ1n) is 36.5. The van der Waals surface area contributed by atoms with E-state index in [1.807, 2.05) is 6.08 Å². The molecule has 2 atom stereocenters. The van der Waals surface area contributed by atoms with Crippen molar-refractivity contribution >= 4 is 11.9 Å². The smallest absolute Gasteiger partial charge is 0.305 e. The number of allylic oxidation sites excluding steroid dienone is 1. The van der Waals surface area contributed by atoms with Gasteiger partial charge in [-0.3, -0.25) is 9.59 Å². The monoisotopic (exact) mass is 1110 g/mol. The van der Waals surface area contributed by atoms with Crippen LogP contribution in [0.25, 0.3) is 0 Å². The predicted octanol–water partition coefficient (Wildman–Crippen LogP) is 23.5. The number of amides is 1. The van der Waals surface area contributed by atoms with Crippen LogP contribution in [0.15, 0.2) is 12.2 Å². The van der Waals surface area contributed by atoms with Gasteiger partial charge in [-0.05, 0) is 32.1 Å². The normalized spacial score (nSPS) is 12.5. The van der Waals surface area contributed by atoms with E-state index in [-0.39, 0.29) is 18.5 Å². The molecule has 0 bridgehead atoms. The minimum Gasteiger partial charge on any atom is -0.466 e. The van der Waals surface area contributed by atoms with Gasteiger partial charge in [0.05, 0.1) is 25.4 Å². The molecule has 0 aromatic heterocycles. The lowest BCUT2D eigenvalue weighted by molar-refractivity contribution is -0.143. The zero-order valence-electron chi connectivity index (χ0n) is 53.9. The Hall–Kier alpha value is -1.40. The molecule has 6 heteroatoms. The summed E-state index contributed by atoms with van der Waals surface area (Å²) in [7, 11) is 0. The van der Waals surface area contributed by atoms with Gasteiger partial charge in [0.15, 0.2) is 0 Å². The lowest BCUT2D eigenvalue weighted by Crippen LogP contribution is -2.45. The number of aliphatic hydroxyl groups excluding tert-OH is 2. The van der Waals surface area contributed by atoms with Crippen LogP contribution < -0.4 is 5.32 Å². The summed E-state index contributed by atoms with van der Waals surface area (Å²) < 4.78 is 5.51. The molecule has 1 amide bonds. The number of unbranched alkanes of at least 4 members (excludes halogenated alkanes) is 58. The van der Waals surface area contributed by atoms with Gasteiger partial charge in [-0.25, -0.2) is 0 Å². The maximum absolute atomic E-state index is 12.5. The van der Waals surface area contributed by atoms with E-state index in [0.29, 0.717) is 19.4 Å². The van der Waals surface area contributed by atoms with Gasteiger partial charge in [-0.15, -0.1) is 0 Å². The number of hydrogen-bond donors (Lipinski definition) is 3. The lowest BCUT2D eigenvalue weighted by atomic mass is 10.0. The van der Waals surface area contributed by atoms with Crippen molar-refractivity contribution in [2.75, 3.05) is 13.2 Å². The Balaban J connectivity index is 3.32. The van der Waals surface area contributed by atoms with Crippen LogP contribution in [0.4, 0.5) is 0 Å². The molecule has 6 nitrogen and oxygen atoms in total. The summed E-state index contributed by atoms with van der Waals surface area (Å²) in [6, 6.07) is -0.624. The number of rotatable bonds is 69. The summed E-state index contributed by atoms with van der Waals surface area (Å²) in [6.07, 6.45) is 85.9. The molecule has 0 radical (unpaired) electrons. The van der Waals surface area contributed by atoms with Gasteiger partial charge in [-0.1, -0.05) is 386 Å². The number of carbonyl (C=O) groups excluding carboxylic acids is 2. The second kappa shape index (κ2) is 69.1. The fourth-order valence-electron chi connectivity index (χ4n) is 11.8. The first kappa shape index (κ1) is 77.6. The van der Waals surface area contributed by atoms with Crippen molar-refractivity contribution in [1.82, 2.24) is 5.32 Å². The zero-order valence-corrected chi connectivity index (χ0v) is 53.9. The number of nitrogens with one attached hydrogen (secondary N) is 1. The highest BCUT2D eigenvalue weighted by atomic mass is 16.5. The summed E-state index contributed by atoms with van der Waals surface area (Å²) in [5.74, 6) is -0.0362. The van der Waals surface area contributed by atoms with Crippen LogP contribution in [0.3, 0.4) is 0 Å². The maximum atomic E-state index is 12.5. The van der Waals surface area contributed by atoms with Crippen molar-refractivity contribution in [3.63, 3.8) is 0 Å². The van der Waals surface area contributed by atoms with Crippen molar-refractivity contribution in [3.8, 4) is 0 Å². The molecule has 2 unspecified atom stereocenters. The minimum atomic E-state index is -0.841. The van der Waals surface area contributed by atoms with Crippen molar-refractivity contribution in [1.29, 1.82) is 0 Å². The van der Waals surface area contributed by atoms with E-state index < -0.39 is 12.1 Å². The maximum Gasteiger partial charge on any atom is 0.305 e. The Labute approximate surface area is 495 Å². The van der Waals surface area contributed by atoms with Crippen LogP contribution in [-0.2, 0) is 14.3 Å². The molecule has 0 rings (SSSR count). The highest BCUT2D eigenvalue weighted by molar-refractivity contribution is 5.76. The number of ether oxygens (including phenoxy) is 1. The second-order valence-electron chi connectivity index (χ2n) is 25.3. The highest BCUT2D eigenvalue weighted by Crippen LogP contribution is 2.19. The van der Waals surface area contributed by atoms with Gasteiger partial charge < -0.3 is 20.3 Å². The van der Waals surface area contributed by atoms with Crippen molar-refractivity contribution < 1.29 is 24.5 Å². The van der Waals surface area contributed by atoms with Crippen LogP contribution >= 0.6 is 0 Å². The molecule has 470 valence electrons. The van der Waals surface area contributed by atoms with Crippen molar-refractivity contribution in [2.24, 2.45) is 0 Å². The van der Waals surface area contributed by atoms with Crippen LogP contribution in [-0.4, -0.2) is 47.4 Å². The van der Waals surface area contributed by atoms with Crippen LogP contribution in [0.5, 0.6) is 0 Å². The SMILES string of the molecule is CCCCCCCCCCCCCCC/C=C/C(O)C(CO)NC(=O)CCCCCCCCCCCCCCCCCCCCCCCCCCCCCCCCOC(=O)CCCCCCCCCCCCCCCCCCC. The molecule has 0 heterocycles. The third-order valence-electron chi connectivity index (χ3n) is 17.3. The summed E-state index contributed by atoms with van der Waals surface area (Å²) >= 11 is 0. The molecular weight excluding hydrogens is 971 g/mol. The summed E-state index contributed by atoms with van der Waals surface area (Å²) in [6.45, 7) is 4.95. The van der Waals surface area contributed by atoms with E-state index >= 15 is 0 Å². The average Bonchev–Trinajstić information content (AvgIpc) is 3.45. The molecule has 0 saturated heterocycles. The predicted molar refractivity (Wildman–Crippen MR) is 347 cm³/mol. The van der Waals surface area contributed by atoms with Gasteiger partial charge in [0.1, 0.15) is 0 Å². The van der Waals surface area contributed by atoms with E-state index in [4.69, 9.17) is 4.74 Å². The van der Waals surface area contributed by atoms with Crippen LogP contribution in [0.1, 0.15) is 418 Å². The van der Waals surface area contributed by atoms with Gasteiger partial charge in [0.25, 0.3) is 0 Å².